The molecule has 1 heterocycles. The maximum Gasteiger partial charge on any atom is 0.224 e. The predicted octanol–water partition coefficient (Wildman–Crippen LogP) is 3.13. The first kappa shape index (κ1) is 15.2. The summed E-state index contributed by atoms with van der Waals surface area (Å²) in [5.41, 5.74) is 4.59. The molecule has 1 aromatic carbocycles. The van der Waals surface area contributed by atoms with E-state index in [0.29, 0.717) is 5.41 Å². The average molecular weight is 312 g/mol. The number of benzene rings is 1. The van der Waals surface area contributed by atoms with Gasteiger partial charge in [-0.05, 0) is 87.1 Å². The lowest BCUT2D eigenvalue weighted by atomic mass is 9.89. The van der Waals surface area contributed by atoms with E-state index >= 15 is 0 Å². The monoisotopic (exact) mass is 312 g/mol. The molecule has 0 radical (unpaired) electrons. The van der Waals surface area contributed by atoms with Gasteiger partial charge in [-0.1, -0.05) is 18.2 Å². The first-order valence-corrected chi connectivity index (χ1v) is 9.31. The Kier molecular flexibility index (Phi) is 3.92. The SMILES string of the molecule is CC(NC(=O)C1CC12CCNCC2)c1ccc2c(c1)CCCC2. The Labute approximate surface area is 139 Å². The number of amides is 1. The second-order valence-corrected chi connectivity index (χ2v) is 7.83. The van der Waals surface area contributed by atoms with Gasteiger partial charge in [0.05, 0.1) is 6.04 Å². The van der Waals surface area contributed by atoms with Gasteiger partial charge in [0.1, 0.15) is 0 Å². The predicted molar refractivity (Wildman–Crippen MR) is 92.3 cm³/mol. The zero-order chi connectivity index (χ0) is 15.9. The molecule has 2 fully saturated rings. The highest BCUT2D eigenvalue weighted by Crippen LogP contribution is 2.58. The molecule has 2 atom stereocenters. The summed E-state index contributed by atoms with van der Waals surface area (Å²) in [6.45, 7) is 4.27. The van der Waals surface area contributed by atoms with Gasteiger partial charge in [-0.2, -0.15) is 0 Å². The first-order valence-electron chi connectivity index (χ1n) is 9.31. The lowest BCUT2D eigenvalue weighted by molar-refractivity contribution is -0.123. The summed E-state index contributed by atoms with van der Waals surface area (Å²) < 4.78 is 0. The smallest absolute Gasteiger partial charge is 0.224 e. The van der Waals surface area contributed by atoms with E-state index in [-0.39, 0.29) is 17.9 Å². The van der Waals surface area contributed by atoms with Crippen LogP contribution in [0.2, 0.25) is 0 Å². The number of carbonyl (C=O) groups is 1. The van der Waals surface area contributed by atoms with Crippen molar-refractivity contribution in [1.82, 2.24) is 10.6 Å². The summed E-state index contributed by atoms with van der Waals surface area (Å²) in [5, 5.41) is 6.68. The maximum atomic E-state index is 12.6. The summed E-state index contributed by atoms with van der Waals surface area (Å²) in [6, 6.07) is 6.93. The fraction of sp³-hybridized carbons (Fsp3) is 0.650. The molecule has 1 saturated heterocycles. The molecule has 1 aliphatic heterocycles. The molecule has 3 nitrogen and oxygen atoms in total. The van der Waals surface area contributed by atoms with Gasteiger partial charge < -0.3 is 10.6 Å². The Balaban J connectivity index is 1.40. The quantitative estimate of drug-likeness (QED) is 0.900. The van der Waals surface area contributed by atoms with Crippen LogP contribution in [0, 0.1) is 11.3 Å². The maximum absolute atomic E-state index is 12.6. The number of nitrogens with one attached hydrogen (secondary N) is 2. The van der Waals surface area contributed by atoms with Crippen molar-refractivity contribution in [2.45, 2.75) is 57.9 Å². The van der Waals surface area contributed by atoms with Gasteiger partial charge in [0.15, 0.2) is 0 Å². The molecule has 4 rings (SSSR count). The summed E-state index contributed by atoms with van der Waals surface area (Å²) in [5.74, 6) is 0.529. The molecule has 0 aromatic heterocycles. The highest BCUT2D eigenvalue weighted by molar-refractivity contribution is 5.83. The molecule has 2 N–H and O–H groups in total. The molecule has 0 bridgehead atoms. The number of fused-ring (bicyclic) bond motifs is 1. The van der Waals surface area contributed by atoms with E-state index in [4.69, 9.17) is 0 Å². The number of hydrogen-bond donors (Lipinski definition) is 2. The summed E-state index contributed by atoms with van der Waals surface area (Å²) >= 11 is 0. The van der Waals surface area contributed by atoms with Crippen molar-refractivity contribution < 1.29 is 4.79 Å². The third-order valence-corrected chi connectivity index (χ3v) is 6.34. The number of carbonyl (C=O) groups excluding carboxylic acids is 1. The van der Waals surface area contributed by atoms with Gasteiger partial charge >= 0.3 is 0 Å². The van der Waals surface area contributed by atoms with E-state index in [2.05, 4.69) is 35.8 Å². The van der Waals surface area contributed by atoms with Gasteiger partial charge in [-0.15, -0.1) is 0 Å². The fourth-order valence-corrected chi connectivity index (χ4v) is 4.62. The van der Waals surface area contributed by atoms with Crippen LogP contribution in [-0.2, 0) is 17.6 Å². The van der Waals surface area contributed by atoms with Crippen molar-refractivity contribution >= 4 is 5.91 Å². The van der Waals surface area contributed by atoms with Crippen LogP contribution in [0.3, 0.4) is 0 Å². The molecular formula is C20H28N2O. The zero-order valence-corrected chi connectivity index (χ0v) is 14.2. The van der Waals surface area contributed by atoms with Crippen LogP contribution in [0.15, 0.2) is 18.2 Å². The van der Waals surface area contributed by atoms with Crippen molar-refractivity contribution in [3.8, 4) is 0 Å². The van der Waals surface area contributed by atoms with E-state index in [9.17, 15) is 4.79 Å². The fourth-order valence-electron chi connectivity index (χ4n) is 4.62. The number of aryl methyl sites for hydroxylation is 2. The Morgan fingerprint density at radius 1 is 1.22 bits per heavy atom. The number of rotatable bonds is 3. The van der Waals surface area contributed by atoms with E-state index in [0.717, 1.165) is 32.4 Å². The molecule has 1 aromatic rings. The third kappa shape index (κ3) is 2.91. The minimum Gasteiger partial charge on any atom is -0.349 e. The van der Waals surface area contributed by atoms with Crippen molar-refractivity contribution in [1.29, 1.82) is 0 Å². The molecule has 3 aliphatic rings. The number of hydrogen-bond acceptors (Lipinski definition) is 2. The van der Waals surface area contributed by atoms with Gasteiger partial charge in [-0.25, -0.2) is 0 Å². The molecule has 2 aliphatic carbocycles. The Hall–Kier alpha value is -1.35. The van der Waals surface area contributed by atoms with Crippen LogP contribution in [0.4, 0.5) is 0 Å². The summed E-state index contributed by atoms with van der Waals surface area (Å²) in [4.78, 5) is 12.6. The third-order valence-electron chi connectivity index (χ3n) is 6.34. The minimum absolute atomic E-state index is 0.120. The normalized spacial score (nSPS) is 26.4. The van der Waals surface area contributed by atoms with E-state index in [1.54, 1.807) is 0 Å². The Bertz CT molecular complexity index is 604. The second-order valence-electron chi connectivity index (χ2n) is 7.83. The highest BCUT2D eigenvalue weighted by Gasteiger charge is 2.57. The van der Waals surface area contributed by atoms with Crippen LogP contribution < -0.4 is 10.6 Å². The summed E-state index contributed by atoms with van der Waals surface area (Å²) in [7, 11) is 0. The van der Waals surface area contributed by atoms with Crippen molar-refractivity contribution in [2.24, 2.45) is 11.3 Å². The van der Waals surface area contributed by atoms with Crippen molar-refractivity contribution in [3.63, 3.8) is 0 Å². The van der Waals surface area contributed by atoms with Gasteiger partial charge in [0.2, 0.25) is 5.91 Å². The number of piperidine rings is 1. The standard InChI is InChI=1S/C20H28N2O/c1-14(16-7-6-15-4-2-3-5-17(15)12-16)22-19(23)18-13-20(18)8-10-21-11-9-20/h6-7,12,14,18,21H,2-5,8-11,13H2,1H3,(H,22,23). The zero-order valence-electron chi connectivity index (χ0n) is 14.2. The van der Waals surface area contributed by atoms with Gasteiger partial charge in [0, 0.05) is 5.92 Å². The van der Waals surface area contributed by atoms with Crippen molar-refractivity contribution in [2.75, 3.05) is 13.1 Å². The molecule has 1 saturated carbocycles. The van der Waals surface area contributed by atoms with Crippen LogP contribution in [-0.4, -0.2) is 19.0 Å². The molecule has 1 spiro atoms. The van der Waals surface area contributed by atoms with Crippen molar-refractivity contribution in [3.05, 3.63) is 34.9 Å². The van der Waals surface area contributed by atoms with Crippen LogP contribution in [0.5, 0.6) is 0 Å². The Morgan fingerprint density at radius 3 is 2.74 bits per heavy atom. The topological polar surface area (TPSA) is 41.1 Å². The molecule has 1 amide bonds. The van der Waals surface area contributed by atoms with Crippen LogP contribution in [0.1, 0.15) is 61.8 Å². The lowest BCUT2D eigenvalue weighted by Gasteiger charge is -2.24. The first-order chi connectivity index (χ1) is 11.2. The second kappa shape index (κ2) is 5.94. The molecule has 23 heavy (non-hydrogen) atoms. The average Bonchev–Trinajstić information content (AvgIpc) is 3.28. The largest absolute Gasteiger partial charge is 0.349 e. The minimum atomic E-state index is 0.120. The Morgan fingerprint density at radius 2 is 1.96 bits per heavy atom. The van der Waals surface area contributed by atoms with Gasteiger partial charge in [-0.3, -0.25) is 4.79 Å². The van der Waals surface area contributed by atoms with Gasteiger partial charge in [0.25, 0.3) is 0 Å². The summed E-state index contributed by atoms with van der Waals surface area (Å²) in [6.07, 6.45) is 8.46. The lowest BCUT2D eigenvalue weighted by Crippen LogP contribution is -2.34. The van der Waals surface area contributed by atoms with E-state index in [1.165, 1.54) is 42.4 Å². The molecule has 2 unspecified atom stereocenters. The van der Waals surface area contributed by atoms with E-state index in [1.807, 2.05) is 0 Å². The molecular weight excluding hydrogens is 284 g/mol. The molecule has 3 heteroatoms. The highest BCUT2D eigenvalue weighted by atomic mass is 16.2. The van der Waals surface area contributed by atoms with E-state index < -0.39 is 0 Å². The molecule has 124 valence electrons. The van der Waals surface area contributed by atoms with Crippen LogP contribution in [0.25, 0.3) is 0 Å². The van der Waals surface area contributed by atoms with Crippen LogP contribution >= 0.6 is 0 Å².